The second-order valence-corrected chi connectivity index (χ2v) is 6.97. The van der Waals surface area contributed by atoms with E-state index >= 15 is 0 Å². The van der Waals surface area contributed by atoms with E-state index in [1.54, 1.807) is 24.0 Å². The number of imide groups is 1. The summed E-state index contributed by atoms with van der Waals surface area (Å²) >= 11 is 3.40. The molecule has 2 aliphatic heterocycles. The number of ether oxygens (including phenoxy) is 1. The quantitative estimate of drug-likeness (QED) is 0.733. The summed E-state index contributed by atoms with van der Waals surface area (Å²) in [5, 5.41) is 0. The fourth-order valence-electron chi connectivity index (χ4n) is 3.38. The van der Waals surface area contributed by atoms with Crippen LogP contribution in [0.25, 0.3) is 0 Å². The number of carbonyl (C=O) groups excluding carboxylic acids is 3. The number of para-hydroxylation sites is 1. The third kappa shape index (κ3) is 3.55. The minimum Gasteiger partial charge on any atom is -0.450 e. The Morgan fingerprint density at radius 1 is 1.28 bits per heavy atom. The molecule has 7 nitrogen and oxygen atoms in total. The molecule has 0 unspecified atom stereocenters. The number of amides is 3. The van der Waals surface area contributed by atoms with Gasteiger partial charge in [-0.2, -0.15) is 0 Å². The normalized spacial score (nSPS) is 21.8. The van der Waals surface area contributed by atoms with Crippen molar-refractivity contribution < 1.29 is 24.0 Å². The molecular weight excluding hydrogens is 390 g/mol. The van der Waals surface area contributed by atoms with Crippen LogP contribution in [0.5, 0.6) is 0 Å². The van der Waals surface area contributed by atoms with E-state index in [4.69, 9.17) is 4.74 Å². The lowest BCUT2D eigenvalue weighted by molar-refractivity contribution is -0.918. The maximum absolute atomic E-state index is 12.8. The van der Waals surface area contributed by atoms with Gasteiger partial charge in [-0.05, 0) is 35.0 Å². The van der Waals surface area contributed by atoms with Crippen molar-refractivity contribution in [1.82, 2.24) is 4.90 Å². The van der Waals surface area contributed by atoms with E-state index in [0.29, 0.717) is 38.5 Å². The third-order valence-corrected chi connectivity index (χ3v) is 5.34. The minimum absolute atomic E-state index is 0.170. The lowest BCUT2D eigenvalue weighted by atomic mass is 10.2. The van der Waals surface area contributed by atoms with Gasteiger partial charge in [0.1, 0.15) is 0 Å². The highest BCUT2D eigenvalue weighted by Gasteiger charge is 2.47. The summed E-state index contributed by atoms with van der Waals surface area (Å²) in [6.07, 6.45) is -0.111. The number of benzene rings is 1. The average Bonchev–Trinajstić information content (AvgIpc) is 2.90. The van der Waals surface area contributed by atoms with E-state index in [2.05, 4.69) is 15.9 Å². The third-order valence-electron chi connectivity index (χ3n) is 4.66. The number of carbonyl (C=O) groups is 3. The van der Waals surface area contributed by atoms with E-state index in [0.717, 1.165) is 9.37 Å². The molecule has 2 fully saturated rings. The Morgan fingerprint density at radius 3 is 2.60 bits per heavy atom. The molecule has 2 aliphatic rings. The van der Waals surface area contributed by atoms with Crippen molar-refractivity contribution in [2.24, 2.45) is 0 Å². The molecule has 0 bridgehead atoms. The Kier molecular flexibility index (Phi) is 5.39. The summed E-state index contributed by atoms with van der Waals surface area (Å²) in [6.45, 7) is 4.45. The van der Waals surface area contributed by atoms with Crippen molar-refractivity contribution in [3.05, 3.63) is 28.7 Å². The molecule has 0 aliphatic carbocycles. The predicted octanol–water partition coefficient (Wildman–Crippen LogP) is 0.438. The largest absolute Gasteiger partial charge is 0.450 e. The van der Waals surface area contributed by atoms with Crippen LogP contribution >= 0.6 is 15.9 Å². The number of hydrogen-bond donors (Lipinski definition) is 1. The first-order valence-electron chi connectivity index (χ1n) is 8.40. The number of anilines is 1. The number of halogens is 1. The number of hydrogen-bond acceptors (Lipinski definition) is 4. The van der Waals surface area contributed by atoms with Crippen LogP contribution in [0.15, 0.2) is 28.7 Å². The van der Waals surface area contributed by atoms with Crippen molar-refractivity contribution in [2.75, 3.05) is 37.7 Å². The molecule has 0 spiro atoms. The predicted molar refractivity (Wildman–Crippen MR) is 94.3 cm³/mol. The standard InChI is InChI=1S/C17H20BrN3O4/c1-2-25-17(24)20-9-7-19(8-10-20)14-11-15(22)21(16(14)23)13-6-4-3-5-12(13)18/h3-6,14H,2,7-11H2,1H3/p+1/t14-/m1/s1. The lowest BCUT2D eigenvalue weighted by Gasteiger charge is -2.33. The Balaban J connectivity index is 1.67. The van der Waals surface area contributed by atoms with Crippen molar-refractivity contribution in [1.29, 1.82) is 0 Å². The zero-order valence-electron chi connectivity index (χ0n) is 14.0. The first-order valence-corrected chi connectivity index (χ1v) is 9.19. The summed E-state index contributed by atoms with van der Waals surface area (Å²) in [5.41, 5.74) is 0.588. The molecular formula is C17H21BrN3O4+. The molecule has 2 heterocycles. The van der Waals surface area contributed by atoms with Crippen LogP contribution in [-0.4, -0.2) is 61.6 Å². The van der Waals surface area contributed by atoms with Gasteiger partial charge in [-0.1, -0.05) is 12.1 Å². The second-order valence-electron chi connectivity index (χ2n) is 6.12. The minimum atomic E-state index is -0.385. The molecule has 8 heteroatoms. The summed E-state index contributed by atoms with van der Waals surface area (Å²) in [5.74, 6) is -0.348. The molecule has 1 atom stereocenters. The number of nitrogens with zero attached hydrogens (tertiary/aromatic N) is 2. The maximum Gasteiger partial charge on any atom is 0.410 e. The Labute approximate surface area is 154 Å². The van der Waals surface area contributed by atoms with Crippen LogP contribution in [-0.2, 0) is 14.3 Å². The number of quaternary nitrogens is 1. The van der Waals surface area contributed by atoms with Gasteiger partial charge in [0.25, 0.3) is 5.91 Å². The smallest absolute Gasteiger partial charge is 0.410 e. The monoisotopic (exact) mass is 410 g/mol. The van der Waals surface area contributed by atoms with Gasteiger partial charge in [-0.3, -0.25) is 14.5 Å². The highest BCUT2D eigenvalue weighted by atomic mass is 79.9. The molecule has 0 aromatic heterocycles. The second kappa shape index (κ2) is 7.53. The van der Waals surface area contributed by atoms with Gasteiger partial charge in [-0.25, -0.2) is 9.69 Å². The summed E-state index contributed by atoms with van der Waals surface area (Å²) in [7, 11) is 0. The van der Waals surface area contributed by atoms with Crippen LogP contribution in [0.3, 0.4) is 0 Å². The van der Waals surface area contributed by atoms with Gasteiger partial charge in [0.15, 0.2) is 6.04 Å². The zero-order valence-corrected chi connectivity index (χ0v) is 15.6. The van der Waals surface area contributed by atoms with Crippen molar-refractivity contribution in [3.63, 3.8) is 0 Å². The fourth-order valence-corrected chi connectivity index (χ4v) is 3.84. The zero-order chi connectivity index (χ0) is 18.0. The van der Waals surface area contributed by atoms with E-state index in [-0.39, 0.29) is 30.4 Å². The molecule has 2 saturated heterocycles. The Hall–Kier alpha value is -1.93. The van der Waals surface area contributed by atoms with Crippen molar-refractivity contribution in [3.8, 4) is 0 Å². The SMILES string of the molecule is CCOC(=O)N1CC[NH+]([C@@H]2CC(=O)N(c3ccccc3Br)C2=O)CC1. The maximum atomic E-state index is 12.8. The summed E-state index contributed by atoms with van der Waals surface area (Å²) in [4.78, 5) is 41.0. The van der Waals surface area contributed by atoms with Gasteiger partial charge >= 0.3 is 6.09 Å². The van der Waals surface area contributed by atoms with Gasteiger partial charge in [0.05, 0.1) is 44.9 Å². The molecule has 3 rings (SSSR count). The van der Waals surface area contributed by atoms with Gasteiger partial charge in [0.2, 0.25) is 5.91 Å². The highest BCUT2D eigenvalue weighted by Crippen LogP contribution is 2.29. The number of rotatable bonds is 3. The Bertz CT molecular complexity index is 688. The molecule has 25 heavy (non-hydrogen) atoms. The molecule has 3 amide bonds. The first kappa shape index (κ1) is 17.9. The van der Waals surface area contributed by atoms with E-state index in [1.165, 1.54) is 4.90 Å². The van der Waals surface area contributed by atoms with Crippen molar-refractivity contribution >= 4 is 39.5 Å². The van der Waals surface area contributed by atoms with Gasteiger partial charge in [0, 0.05) is 4.47 Å². The van der Waals surface area contributed by atoms with Crippen LogP contribution in [0.1, 0.15) is 13.3 Å². The topological polar surface area (TPSA) is 71.4 Å². The van der Waals surface area contributed by atoms with E-state index < -0.39 is 0 Å². The summed E-state index contributed by atoms with van der Waals surface area (Å²) < 4.78 is 5.73. The number of piperazine rings is 1. The molecule has 1 aromatic rings. The van der Waals surface area contributed by atoms with E-state index in [1.807, 2.05) is 12.1 Å². The highest BCUT2D eigenvalue weighted by molar-refractivity contribution is 9.10. The molecule has 0 saturated carbocycles. The Morgan fingerprint density at radius 2 is 1.96 bits per heavy atom. The molecule has 1 N–H and O–H groups in total. The van der Waals surface area contributed by atoms with Crippen LogP contribution in [0.4, 0.5) is 10.5 Å². The molecule has 134 valence electrons. The molecule has 0 radical (unpaired) electrons. The van der Waals surface area contributed by atoms with Crippen LogP contribution in [0.2, 0.25) is 0 Å². The van der Waals surface area contributed by atoms with Gasteiger partial charge < -0.3 is 9.64 Å². The van der Waals surface area contributed by atoms with Gasteiger partial charge in [-0.15, -0.1) is 0 Å². The van der Waals surface area contributed by atoms with Crippen LogP contribution in [0, 0.1) is 0 Å². The van der Waals surface area contributed by atoms with Crippen molar-refractivity contribution in [2.45, 2.75) is 19.4 Å². The fraction of sp³-hybridized carbons (Fsp3) is 0.471. The summed E-state index contributed by atoms with van der Waals surface area (Å²) in [6, 6.07) is 6.84. The lowest BCUT2D eigenvalue weighted by Crippen LogP contribution is -3.19. The molecule has 1 aromatic carbocycles. The average molecular weight is 411 g/mol. The first-order chi connectivity index (χ1) is 12.0. The number of nitrogens with one attached hydrogen (secondary N) is 1. The van der Waals surface area contributed by atoms with Crippen LogP contribution < -0.4 is 9.80 Å². The van der Waals surface area contributed by atoms with E-state index in [9.17, 15) is 14.4 Å².